The van der Waals surface area contributed by atoms with E-state index in [9.17, 15) is 24.1 Å². The number of hydrogen-bond donors (Lipinski definition) is 1. The molecule has 10 heteroatoms. The summed E-state index contributed by atoms with van der Waals surface area (Å²) in [6.45, 7) is 5.19. The van der Waals surface area contributed by atoms with Gasteiger partial charge in [-0.1, -0.05) is 12.1 Å². The zero-order valence-electron chi connectivity index (χ0n) is 17.7. The van der Waals surface area contributed by atoms with Gasteiger partial charge in [-0.3, -0.25) is 19.8 Å². The van der Waals surface area contributed by atoms with Crippen molar-refractivity contribution in [1.82, 2.24) is 9.80 Å². The third-order valence-electron chi connectivity index (χ3n) is 5.49. The number of carbonyl (C=O) groups excluding carboxylic acids is 1. The van der Waals surface area contributed by atoms with Gasteiger partial charge in [-0.15, -0.1) is 0 Å². The lowest BCUT2D eigenvalue weighted by Gasteiger charge is -2.44. The van der Waals surface area contributed by atoms with E-state index < -0.39 is 23.2 Å². The lowest BCUT2D eigenvalue weighted by Crippen LogP contribution is -2.58. The molecular weight excluding hydrogens is 421 g/mol. The number of ether oxygens (including phenoxy) is 1. The van der Waals surface area contributed by atoms with Crippen LogP contribution in [0.1, 0.15) is 29.8 Å². The number of nitro groups is 1. The molecule has 0 saturated carbocycles. The van der Waals surface area contributed by atoms with Crippen LogP contribution >= 0.6 is 0 Å². The van der Waals surface area contributed by atoms with Crippen LogP contribution in [-0.2, 0) is 11.3 Å². The van der Waals surface area contributed by atoms with Gasteiger partial charge in [-0.25, -0.2) is 9.18 Å². The number of amides is 1. The van der Waals surface area contributed by atoms with Gasteiger partial charge < -0.3 is 14.7 Å². The fourth-order valence-corrected chi connectivity index (χ4v) is 3.73. The zero-order chi connectivity index (χ0) is 23.4. The van der Waals surface area contributed by atoms with Crippen molar-refractivity contribution in [3.63, 3.8) is 0 Å². The summed E-state index contributed by atoms with van der Waals surface area (Å²) in [6, 6.07) is 9.51. The van der Waals surface area contributed by atoms with Crippen LogP contribution in [0.4, 0.5) is 10.1 Å². The molecule has 1 heterocycles. The van der Waals surface area contributed by atoms with Crippen LogP contribution in [0.2, 0.25) is 0 Å². The monoisotopic (exact) mass is 445 g/mol. The van der Waals surface area contributed by atoms with E-state index in [0.29, 0.717) is 19.6 Å². The predicted molar refractivity (Wildman–Crippen MR) is 113 cm³/mol. The van der Waals surface area contributed by atoms with Crippen LogP contribution in [-0.4, -0.2) is 63.5 Å². The highest BCUT2D eigenvalue weighted by molar-refractivity contribution is 5.89. The van der Waals surface area contributed by atoms with Crippen molar-refractivity contribution in [2.75, 3.05) is 19.7 Å². The van der Waals surface area contributed by atoms with E-state index in [2.05, 4.69) is 4.90 Å². The van der Waals surface area contributed by atoms with E-state index in [-0.39, 0.29) is 35.1 Å². The Labute approximate surface area is 184 Å². The predicted octanol–water partition coefficient (Wildman–Crippen LogP) is 2.93. The van der Waals surface area contributed by atoms with Gasteiger partial charge in [-0.05, 0) is 43.7 Å². The number of carboxylic acids is 1. The Balaban J connectivity index is 1.62. The number of carbonyl (C=O) groups is 2. The fraction of sp³-hybridized carbons (Fsp3) is 0.364. The van der Waals surface area contributed by atoms with Gasteiger partial charge in [0.2, 0.25) is 0 Å². The van der Waals surface area contributed by atoms with E-state index in [0.717, 1.165) is 11.6 Å². The maximum absolute atomic E-state index is 13.1. The third kappa shape index (κ3) is 5.38. The number of nitro benzene ring substituents is 1. The minimum atomic E-state index is -1.29. The lowest BCUT2D eigenvalue weighted by molar-refractivity contribution is -0.385. The SMILES string of the molecule is CC1CN(C(=O)COc2ccc(C(=O)O)cc2[N+](=O)[O-])C(C)CN1Cc1ccc(F)cc1. The molecule has 1 aliphatic heterocycles. The Kier molecular flexibility index (Phi) is 7.04. The summed E-state index contributed by atoms with van der Waals surface area (Å²) in [5.74, 6) is -2.06. The standard InChI is InChI=1S/C22H24FN3O6/c1-14-11-25(15(2)10-24(14)12-16-3-6-18(23)7-4-16)21(27)13-32-20-8-5-17(22(28)29)9-19(20)26(30)31/h3-9,14-15H,10-13H2,1-2H3,(H,28,29). The number of rotatable bonds is 7. The zero-order valence-corrected chi connectivity index (χ0v) is 17.7. The molecule has 1 amide bonds. The summed E-state index contributed by atoms with van der Waals surface area (Å²) >= 11 is 0. The van der Waals surface area contributed by atoms with E-state index in [1.165, 1.54) is 24.3 Å². The molecule has 1 aliphatic rings. The van der Waals surface area contributed by atoms with E-state index >= 15 is 0 Å². The smallest absolute Gasteiger partial charge is 0.335 e. The molecule has 2 aromatic carbocycles. The molecule has 0 radical (unpaired) electrons. The summed E-state index contributed by atoms with van der Waals surface area (Å²) < 4.78 is 18.5. The van der Waals surface area contributed by atoms with Crippen molar-refractivity contribution < 1.29 is 28.7 Å². The van der Waals surface area contributed by atoms with Crippen LogP contribution in [0.15, 0.2) is 42.5 Å². The molecule has 9 nitrogen and oxygen atoms in total. The molecule has 1 N–H and O–H groups in total. The first-order chi connectivity index (χ1) is 15.2. The van der Waals surface area contributed by atoms with Gasteiger partial charge >= 0.3 is 11.7 Å². The normalized spacial score (nSPS) is 18.9. The molecular formula is C22H24FN3O6. The van der Waals surface area contributed by atoms with Gasteiger partial charge in [0.1, 0.15) is 5.82 Å². The second-order valence-electron chi connectivity index (χ2n) is 7.83. The number of aromatic carboxylic acids is 1. The van der Waals surface area contributed by atoms with Gasteiger partial charge in [-0.2, -0.15) is 0 Å². The second kappa shape index (κ2) is 9.73. The fourth-order valence-electron chi connectivity index (χ4n) is 3.73. The lowest BCUT2D eigenvalue weighted by atomic mass is 10.1. The van der Waals surface area contributed by atoms with E-state index in [1.807, 2.05) is 13.8 Å². The van der Waals surface area contributed by atoms with Crippen molar-refractivity contribution in [2.24, 2.45) is 0 Å². The highest BCUT2D eigenvalue weighted by atomic mass is 19.1. The summed E-state index contributed by atoms with van der Waals surface area (Å²) in [7, 11) is 0. The number of carboxylic acid groups (broad SMARTS) is 1. The van der Waals surface area contributed by atoms with Gasteiger partial charge in [0.15, 0.2) is 12.4 Å². The maximum atomic E-state index is 13.1. The molecule has 0 spiro atoms. The van der Waals surface area contributed by atoms with E-state index in [1.54, 1.807) is 17.0 Å². The maximum Gasteiger partial charge on any atom is 0.335 e. The first-order valence-electron chi connectivity index (χ1n) is 10.1. The quantitative estimate of drug-likeness (QED) is 0.515. The highest BCUT2D eigenvalue weighted by Gasteiger charge is 2.32. The number of benzene rings is 2. The van der Waals surface area contributed by atoms with Crippen LogP contribution in [0.3, 0.4) is 0 Å². The molecule has 0 aromatic heterocycles. The molecule has 2 aromatic rings. The van der Waals surface area contributed by atoms with Gasteiger partial charge in [0.25, 0.3) is 5.91 Å². The summed E-state index contributed by atoms with van der Waals surface area (Å²) in [6.07, 6.45) is 0. The van der Waals surface area contributed by atoms with Crippen LogP contribution in [0.25, 0.3) is 0 Å². The van der Waals surface area contributed by atoms with Crippen LogP contribution in [0, 0.1) is 15.9 Å². The Morgan fingerprint density at radius 3 is 2.47 bits per heavy atom. The molecule has 1 saturated heterocycles. The molecule has 0 bridgehead atoms. The molecule has 0 aliphatic carbocycles. The average Bonchev–Trinajstić information content (AvgIpc) is 2.75. The Morgan fingerprint density at radius 1 is 1.16 bits per heavy atom. The molecule has 2 unspecified atom stereocenters. The minimum Gasteiger partial charge on any atom is -0.478 e. The van der Waals surface area contributed by atoms with Crippen molar-refractivity contribution in [3.8, 4) is 5.75 Å². The third-order valence-corrected chi connectivity index (χ3v) is 5.49. The molecule has 3 rings (SSSR count). The highest BCUT2D eigenvalue weighted by Crippen LogP contribution is 2.28. The van der Waals surface area contributed by atoms with Crippen molar-refractivity contribution in [2.45, 2.75) is 32.5 Å². The van der Waals surface area contributed by atoms with Crippen LogP contribution < -0.4 is 4.74 Å². The molecule has 2 atom stereocenters. The van der Waals surface area contributed by atoms with Crippen molar-refractivity contribution >= 4 is 17.6 Å². The number of hydrogen-bond acceptors (Lipinski definition) is 6. The summed E-state index contributed by atoms with van der Waals surface area (Å²) in [5.41, 5.74) is 0.226. The topological polar surface area (TPSA) is 113 Å². The Hall–Kier alpha value is -3.53. The number of piperazine rings is 1. The number of nitrogens with zero attached hydrogens (tertiary/aromatic N) is 3. The van der Waals surface area contributed by atoms with Crippen molar-refractivity contribution in [1.29, 1.82) is 0 Å². The van der Waals surface area contributed by atoms with E-state index in [4.69, 9.17) is 9.84 Å². The summed E-state index contributed by atoms with van der Waals surface area (Å²) in [4.78, 5) is 38.2. The van der Waals surface area contributed by atoms with Crippen LogP contribution in [0.5, 0.6) is 5.75 Å². The first-order valence-corrected chi connectivity index (χ1v) is 10.1. The average molecular weight is 445 g/mol. The van der Waals surface area contributed by atoms with Gasteiger partial charge in [0.05, 0.1) is 10.5 Å². The molecule has 32 heavy (non-hydrogen) atoms. The Morgan fingerprint density at radius 2 is 1.84 bits per heavy atom. The molecule has 1 fully saturated rings. The number of halogens is 1. The summed E-state index contributed by atoms with van der Waals surface area (Å²) in [5, 5.41) is 20.3. The van der Waals surface area contributed by atoms with Crippen molar-refractivity contribution in [3.05, 3.63) is 69.5 Å². The Bertz CT molecular complexity index is 1010. The largest absolute Gasteiger partial charge is 0.478 e. The first kappa shape index (κ1) is 23.1. The second-order valence-corrected chi connectivity index (χ2v) is 7.83. The van der Waals surface area contributed by atoms with Gasteiger partial charge in [0, 0.05) is 37.8 Å². The molecule has 170 valence electrons. The minimum absolute atomic E-state index is 0.0457.